The van der Waals surface area contributed by atoms with E-state index in [1.54, 1.807) is 0 Å². The number of imidazole rings is 1. The largest absolute Gasteiger partial charge is 1.00 e. The van der Waals surface area contributed by atoms with Gasteiger partial charge in [0.1, 0.15) is 19.0 Å². The fourth-order valence-electron chi connectivity index (χ4n) is 1.95. The van der Waals surface area contributed by atoms with Crippen LogP contribution in [0.15, 0.2) is 12.4 Å². The molecule has 4 nitrogen and oxygen atoms in total. The van der Waals surface area contributed by atoms with Crippen LogP contribution in [0.3, 0.4) is 0 Å². The van der Waals surface area contributed by atoms with Crippen molar-refractivity contribution in [3.05, 3.63) is 18.2 Å². The Balaban J connectivity index is 0.00000361. The van der Waals surface area contributed by atoms with Crippen molar-refractivity contribution in [1.29, 1.82) is 0 Å². The Morgan fingerprint density at radius 3 is 2.40 bits per heavy atom. The van der Waals surface area contributed by atoms with Gasteiger partial charge < -0.3 is 14.2 Å². The van der Waals surface area contributed by atoms with Gasteiger partial charge in [0.05, 0.1) is 20.3 Å². The van der Waals surface area contributed by atoms with Gasteiger partial charge >= 0.3 is 0 Å². The van der Waals surface area contributed by atoms with Crippen molar-refractivity contribution in [1.82, 2.24) is 4.98 Å². The van der Waals surface area contributed by atoms with Crippen LogP contribution in [0, 0.1) is 0 Å². The molecule has 0 aliphatic rings. The average molecular weight is 288 g/mol. The maximum absolute atomic E-state index is 5.55. The fourth-order valence-corrected chi connectivity index (χ4v) is 1.95. The smallest absolute Gasteiger partial charge is 0.280 e. The van der Waals surface area contributed by atoms with E-state index in [2.05, 4.69) is 11.9 Å². The molecule has 0 saturated carbocycles. The van der Waals surface area contributed by atoms with Crippen LogP contribution in [-0.2, 0) is 23.1 Å². The maximum Gasteiger partial charge on any atom is 0.280 e. The molecule has 0 atom stereocenters. The predicted molar refractivity (Wildman–Crippen MR) is 75.8 cm³/mol. The summed E-state index contributed by atoms with van der Waals surface area (Å²) >= 11 is 0. The summed E-state index contributed by atoms with van der Waals surface area (Å²) in [7, 11) is 2.00. The van der Waals surface area contributed by atoms with Crippen molar-refractivity contribution >= 4 is 0 Å². The summed E-state index contributed by atoms with van der Waals surface area (Å²) in [6.45, 7) is 5.08. The maximum atomic E-state index is 5.55. The van der Waals surface area contributed by atoms with Gasteiger partial charge in [-0.3, -0.25) is 0 Å². The third-order valence-corrected chi connectivity index (χ3v) is 3.23. The molecule has 0 spiro atoms. The van der Waals surface area contributed by atoms with Gasteiger partial charge in [-0.15, -0.1) is 0 Å². The molecule has 1 heterocycles. The third kappa shape index (κ3) is 9.04. The molecule has 1 rings (SSSR count). The molecule has 1 N–H and O–H groups in total. The molecule has 0 amide bonds. The van der Waals surface area contributed by atoms with Gasteiger partial charge in [0, 0.05) is 6.61 Å². The summed E-state index contributed by atoms with van der Waals surface area (Å²) < 4.78 is 13.1. The number of unbranched alkanes of at least 4 members (excludes halogenated alkanes) is 5. The van der Waals surface area contributed by atoms with Crippen LogP contribution >= 0.6 is 0 Å². The SMILES string of the molecule is CCCCCCCCOCCOCc1[nH]cc[n+]1C.[F-]. The summed E-state index contributed by atoms with van der Waals surface area (Å²) in [5, 5.41) is 0. The van der Waals surface area contributed by atoms with E-state index in [4.69, 9.17) is 9.47 Å². The summed E-state index contributed by atoms with van der Waals surface area (Å²) in [6, 6.07) is 0. The van der Waals surface area contributed by atoms with Crippen LogP contribution in [0.1, 0.15) is 51.3 Å². The minimum Gasteiger partial charge on any atom is -1.00 e. The first-order valence-electron chi connectivity index (χ1n) is 7.52. The van der Waals surface area contributed by atoms with E-state index < -0.39 is 0 Å². The predicted octanol–water partition coefficient (Wildman–Crippen LogP) is -0.263. The highest BCUT2D eigenvalue weighted by Crippen LogP contribution is 2.04. The van der Waals surface area contributed by atoms with Crippen molar-refractivity contribution in [3.8, 4) is 0 Å². The van der Waals surface area contributed by atoms with Gasteiger partial charge in [-0.2, -0.15) is 0 Å². The number of aromatic amines is 1. The zero-order chi connectivity index (χ0) is 13.8. The standard InChI is InChI=1S/C15H28N2O2.FH/c1-3-4-5-6-7-8-11-18-12-13-19-14-15-16-9-10-17(15)2;/h9-10H,3-8,11-14H2,1-2H3;1H. The molecule has 0 aromatic carbocycles. The molecule has 0 unspecified atom stereocenters. The van der Waals surface area contributed by atoms with E-state index in [1.165, 1.54) is 38.5 Å². The van der Waals surface area contributed by atoms with Crippen LogP contribution < -0.4 is 9.27 Å². The van der Waals surface area contributed by atoms with Crippen LogP contribution in [0.25, 0.3) is 0 Å². The number of hydrogen-bond acceptors (Lipinski definition) is 2. The Kier molecular flexibility index (Phi) is 12.4. The lowest BCUT2D eigenvalue weighted by Crippen LogP contribution is -3.00. The second-order valence-electron chi connectivity index (χ2n) is 4.95. The monoisotopic (exact) mass is 288 g/mol. The zero-order valence-electron chi connectivity index (χ0n) is 12.9. The Hall–Kier alpha value is -0.940. The van der Waals surface area contributed by atoms with E-state index in [0.29, 0.717) is 19.8 Å². The lowest BCUT2D eigenvalue weighted by Gasteiger charge is -2.04. The van der Waals surface area contributed by atoms with Crippen molar-refractivity contribution < 1.29 is 18.7 Å². The van der Waals surface area contributed by atoms with Gasteiger partial charge in [0.2, 0.25) is 0 Å². The molecule has 5 heteroatoms. The highest BCUT2D eigenvalue weighted by Gasteiger charge is 2.05. The molecule has 118 valence electrons. The second-order valence-corrected chi connectivity index (χ2v) is 4.95. The number of halogens is 1. The third-order valence-electron chi connectivity index (χ3n) is 3.23. The number of ether oxygens (including phenoxy) is 2. The first kappa shape index (κ1) is 19.1. The topological polar surface area (TPSA) is 38.1 Å². The molecule has 0 aliphatic carbocycles. The van der Waals surface area contributed by atoms with Crippen molar-refractivity contribution in [2.75, 3.05) is 19.8 Å². The number of rotatable bonds is 12. The van der Waals surface area contributed by atoms with Crippen LogP contribution in [-0.4, -0.2) is 24.8 Å². The summed E-state index contributed by atoms with van der Waals surface area (Å²) in [5.41, 5.74) is 0. The zero-order valence-corrected chi connectivity index (χ0v) is 12.9. The van der Waals surface area contributed by atoms with Gasteiger partial charge in [-0.25, -0.2) is 9.55 Å². The molecular formula is C15H29FN2O2. The van der Waals surface area contributed by atoms with Crippen LogP contribution in [0.5, 0.6) is 0 Å². The van der Waals surface area contributed by atoms with E-state index in [9.17, 15) is 0 Å². The summed E-state index contributed by atoms with van der Waals surface area (Å²) in [6.07, 6.45) is 11.7. The highest BCUT2D eigenvalue weighted by atomic mass is 19.0. The van der Waals surface area contributed by atoms with Gasteiger partial charge in [-0.1, -0.05) is 39.0 Å². The summed E-state index contributed by atoms with van der Waals surface area (Å²) in [5.74, 6) is 1.08. The molecule has 1 aromatic heterocycles. The Morgan fingerprint density at radius 1 is 1.00 bits per heavy atom. The van der Waals surface area contributed by atoms with E-state index in [-0.39, 0.29) is 4.70 Å². The van der Waals surface area contributed by atoms with E-state index in [1.807, 2.05) is 24.0 Å². The minimum absolute atomic E-state index is 0. The van der Waals surface area contributed by atoms with E-state index in [0.717, 1.165) is 12.4 Å². The van der Waals surface area contributed by atoms with Crippen molar-refractivity contribution in [3.63, 3.8) is 0 Å². The molecule has 20 heavy (non-hydrogen) atoms. The Bertz CT molecular complexity index is 319. The number of H-pyrrole nitrogens is 1. The van der Waals surface area contributed by atoms with Gasteiger partial charge in [0.25, 0.3) is 5.82 Å². The minimum atomic E-state index is 0. The van der Waals surface area contributed by atoms with Crippen molar-refractivity contribution in [2.24, 2.45) is 7.05 Å². The Morgan fingerprint density at radius 2 is 1.70 bits per heavy atom. The lowest BCUT2D eigenvalue weighted by molar-refractivity contribution is -0.680. The normalized spacial score (nSPS) is 10.5. The number of aromatic nitrogens is 2. The molecule has 0 bridgehead atoms. The van der Waals surface area contributed by atoms with Gasteiger partial charge in [-0.05, 0) is 6.42 Å². The Labute approximate surface area is 121 Å². The first-order valence-corrected chi connectivity index (χ1v) is 7.52. The highest BCUT2D eigenvalue weighted by molar-refractivity contribution is 4.73. The second kappa shape index (κ2) is 13.1. The average Bonchev–Trinajstić information content (AvgIpc) is 2.82. The van der Waals surface area contributed by atoms with E-state index >= 15 is 0 Å². The van der Waals surface area contributed by atoms with Crippen LogP contribution in [0.2, 0.25) is 0 Å². The molecule has 0 radical (unpaired) electrons. The van der Waals surface area contributed by atoms with Crippen LogP contribution in [0.4, 0.5) is 0 Å². The molecule has 0 aliphatic heterocycles. The number of hydrogen-bond donors (Lipinski definition) is 1. The molecular weight excluding hydrogens is 259 g/mol. The number of aryl methyl sites for hydroxylation is 1. The lowest BCUT2D eigenvalue weighted by atomic mass is 10.1. The fraction of sp³-hybridized carbons (Fsp3) is 0.800. The number of nitrogens with zero attached hydrogens (tertiary/aromatic N) is 1. The molecule has 0 fully saturated rings. The first-order chi connectivity index (χ1) is 9.34. The van der Waals surface area contributed by atoms with Gasteiger partial charge in [0.15, 0.2) is 0 Å². The quantitative estimate of drug-likeness (QED) is 0.425. The summed E-state index contributed by atoms with van der Waals surface area (Å²) in [4.78, 5) is 3.14. The van der Waals surface area contributed by atoms with Crippen molar-refractivity contribution in [2.45, 2.75) is 52.1 Å². The molecule has 0 saturated heterocycles. The number of nitrogens with one attached hydrogen (secondary N) is 1. The molecule has 1 aromatic rings.